The van der Waals surface area contributed by atoms with Crippen LogP contribution in [0.1, 0.15) is 29.6 Å². The molecule has 0 radical (unpaired) electrons. The third-order valence-electron chi connectivity index (χ3n) is 5.63. The van der Waals surface area contributed by atoms with Gasteiger partial charge < -0.3 is 14.2 Å². The van der Waals surface area contributed by atoms with E-state index in [9.17, 15) is 13.2 Å². The van der Waals surface area contributed by atoms with Gasteiger partial charge in [0.05, 0.1) is 31.1 Å². The van der Waals surface area contributed by atoms with E-state index < -0.39 is 15.6 Å². The number of hydrogen-bond donors (Lipinski definition) is 0. The third kappa shape index (κ3) is 3.58. The summed E-state index contributed by atoms with van der Waals surface area (Å²) in [4.78, 5) is 12.9. The quantitative estimate of drug-likeness (QED) is 0.761. The Kier molecular flexibility index (Phi) is 5.00. The SMILES string of the molecule is COc1ccc(S(=O)(=O)N2CCC3(CC2)CC(=O)c2ccc(OC)cc2O3)cc1. The molecule has 1 saturated heterocycles. The van der Waals surface area contributed by atoms with Crippen molar-refractivity contribution in [3.8, 4) is 17.2 Å². The van der Waals surface area contributed by atoms with Crippen molar-refractivity contribution in [3.05, 3.63) is 48.0 Å². The third-order valence-corrected chi connectivity index (χ3v) is 7.54. The van der Waals surface area contributed by atoms with Crippen molar-refractivity contribution in [2.75, 3.05) is 27.3 Å². The largest absolute Gasteiger partial charge is 0.497 e. The number of ketones is 1. The summed E-state index contributed by atoms with van der Waals surface area (Å²) in [7, 11) is -0.515. The molecule has 29 heavy (non-hydrogen) atoms. The molecule has 0 unspecified atom stereocenters. The summed E-state index contributed by atoms with van der Waals surface area (Å²) in [6, 6.07) is 11.5. The summed E-state index contributed by atoms with van der Waals surface area (Å²) >= 11 is 0. The molecule has 0 N–H and O–H groups in total. The van der Waals surface area contributed by atoms with Crippen LogP contribution >= 0.6 is 0 Å². The van der Waals surface area contributed by atoms with Crippen LogP contribution in [-0.4, -0.2) is 51.4 Å². The zero-order valence-corrected chi connectivity index (χ0v) is 17.2. The van der Waals surface area contributed by atoms with Crippen LogP contribution in [-0.2, 0) is 10.0 Å². The van der Waals surface area contributed by atoms with Gasteiger partial charge in [-0.25, -0.2) is 8.42 Å². The molecule has 2 heterocycles. The van der Waals surface area contributed by atoms with E-state index in [2.05, 4.69) is 0 Å². The summed E-state index contributed by atoms with van der Waals surface area (Å²) in [5.41, 5.74) is -0.132. The lowest BCUT2D eigenvalue weighted by Crippen LogP contribution is -2.52. The maximum absolute atomic E-state index is 13.0. The molecule has 0 aromatic heterocycles. The first-order valence-corrected chi connectivity index (χ1v) is 10.9. The molecule has 4 rings (SSSR count). The van der Waals surface area contributed by atoms with Crippen LogP contribution in [0.2, 0.25) is 0 Å². The molecular formula is C21H23NO6S. The topological polar surface area (TPSA) is 82.1 Å². The summed E-state index contributed by atoms with van der Waals surface area (Å²) < 4.78 is 43.9. The minimum atomic E-state index is -3.61. The Balaban J connectivity index is 1.52. The monoisotopic (exact) mass is 417 g/mol. The number of piperidine rings is 1. The smallest absolute Gasteiger partial charge is 0.243 e. The predicted molar refractivity (Wildman–Crippen MR) is 106 cm³/mol. The molecule has 0 bridgehead atoms. The number of ether oxygens (including phenoxy) is 3. The second-order valence-corrected chi connectivity index (χ2v) is 9.26. The maximum atomic E-state index is 13.0. The van der Waals surface area contributed by atoms with Gasteiger partial charge in [-0.15, -0.1) is 0 Å². The number of hydrogen-bond acceptors (Lipinski definition) is 6. The molecule has 8 heteroatoms. The number of sulfonamides is 1. The van der Waals surface area contributed by atoms with Crippen LogP contribution < -0.4 is 14.2 Å². The average molecular weight is 417 g/mol. The number of methoxy groups -OCH3 is 2. The van der Waals surface area contributed by atoms with Crippen molar-refractivity contribution in [1.29, 1.82) is 0 Å². The van der Waals surface area contributed by atoms with Gasteiger partial charge in [0.2, 0.25) is 10.0 Å². The van der Waals surface area contributed by atoms with Crippen LogP contribution in [0.25, 0.3) is 0 Å². The summed E-state index contributed by atoms with van der Waals surface area (Å²) in [5, 5.41) is 0. The number of carbonyl (C=O) groups is 1. The predicted octanol–water partition coefficient (Wildman–Crippen LogP) is 2.89. The van der Waals surface area contributed by atoms with Gasteiger partial charge in [0, 0.05) is 32.0 Å². The Labute approximate surface area is 170 Å². The van der Waals surface area contributed by atoms with E-state index >= 15 is 0 Å². The van der Waals surface area contributed by atoms with E-state index in [0.717, 1.165) is 0 Å². The molecule has 1 fully saturated rings. The number of benzene rings is 2. The highest BCUT2D eigenvalue weighted by Gasteiger charge is 2.45. The van der Waals surface area contributed by atoms with Gasteiger partial charge in [-0.3, -0.25) is 4.79 Å². The Morgan fingerprint density at radius 1 is 0.966 bits per heavy atom. The van der Waals surface area contributed by atoms with Gasteiger partial charge in [0.15, 0.2) is 5.78 Å². The van der Waals surface area contributed by atoms with Gasteiger partial charge in [0.1, 0.15) is 22.8 Å². The summed E-state index contributed by atoms with van der Waals surface area (Å²) in [6.07, 6.45) is 1.15. The lowest BCUT2D eigenvalue weighted by molar-refractivity contribution is 0.00578. The number of Topliss-reactive ketones (excluding diaryl/α,β-unsaturated/α-hetero) is 1. The van der Waals surface area contributed by atoms with Crippen LogP contribution in [0.3, 0.4) is 0 Å². The van der Waals surface area contributed by atoms with Gasteiger partial charge in [-0.1, -0.05) is 0 Å². The van der Waals surface area contributed by atoms with E-state index in [1.165, 1.54) is 11.4 Å². The Hall–Kier alpha value is -2.58. The highest BCUT2D eigenvalue weighted by molar-refractivity contribution is 7.89. The lowest BCUT2D eigenvalue weighted by Gasteiger charge is -2.43. The summed E-state index contributed by atoms with van der Waals surface area (Å²) in [5.74, 6) is 1.74. The standard InChI is InChI=1S/C21H23NO6S/c1-26-15-3-6-17(7-4-15)29(24,25)22-11-9-21(10-12-22)14-19(23)18-8-5-16(27-2)13-20(18)28-21/h3-8,13H,9-12,14H2,1-2H3. The van der Waals surface area contributed by atoms with Gasteiger partial charge >= 0.3 is 0 Å². The highest BCUT2D eigenvalue weighted by Crippen LogP contribution is 2.41. The van der Waals surface area contributed by atoms with E-state index in [-0.39, 0.29) is 17.1 Å². The molecule has 7 nitrogen and oxygen atoms in total. The van der Waals surface area contributed by atoms with E-state index in [1.807, 2.05) is 0 Å². The van der Waals surface area contributed by atoms with E-state index in [4.69, 9.17) is 14.2 Å². The zero-order chi connectivity index (χ0) is 20.6. The van der Waals surface area contributed by atoms with Gasteiger partial charge in [0.25, 0.3) is 0 Å². The number of fused-ring (bicyclic) bond motifs is 1. The van der Waals surface area contributed by atoms with Gasteiger partial charge in [-0.2, -0.15) is 4.31 Å². The molecule has 2 aromatic rings. The first-order valence-electron chi connectivity index (χ1n) is 9.41. The molecule has 0 aliphatic carbocycles. The van der Waals surface area contributed by atoms with Crippen LogP contribution in [0.4, 0.5) is 0 Å². The minimum Gasteiger partial charge on any atom is -0.497 e. The highest BCUT2D eigenvalue weighted by atomic mass is 32.2. The molecule has 2 aliphatic heterocycles. The number of rotatable bonds is 4. The first kappa shape index (κ1) is 19.7. The molecule has 154 valence electrons. The fraction of sp³-hybridized carbons (Fsp3) is 0.381. The Morgan fingerprint density at radius 3 is 2.21 bits per heavy atom. The lowest BCUT2D eigenvalue weighted by atomic mass is 9.83. The molecule has 2 aliphatic rings. The molecule has 0 amide bonds. The molecule has 0 atom stereocenters. The fourth-order valence-corrected chi connectivity index (χ4v) is 5.35. The van der Waals surface area contributed by atoms with Crippen LogP contribution in [0.5, 0.6) is 17.2 Å². The fourth-order valence-electron chi connectivity index (χ4n) is 3.91. The van der Waals surface area contributed by atoms with Crippen LogP contribution in [0.15, 0.2) is 47.4 Å². The molecule has 2 aromatic carbocycles. The van der Waals surface area contributed by atoms with Crippen molar-refractivity contribution in [1.82, 2.24) is 4.31 Å². The normalized spacial score (nSPS) is 18.8. The van der Waals surface area contributed by atoms with Crippen molar-refractivity contribution in [2.45, 2.75) is 29.8 Å². The first-order chi connectivity index (χ1) is 13.9. The average Bonchev–Trinajstić information content (AvgIpc) is 2.73. The zero-order valence-electron chi connectivity index (χ0n) is 16.4. The van der Waals surface area contributed by atoms with Crippen molar-refractivity contribution in [3.63, 3.8) is 0 Å². The van der Waals surface area contributed by atoms with E-state index in [0.29, 0.717) is 48.7 Å². The molecule has 0 saturated carbocycles. The van der Waals surface area contributed by atoms with E-state index in [1.54, 1.807) is 49.6 Å². The Morgan fingerprint density at radius 2 is 1.59 bits per heavy atom. The van der Waals surface area contributed by atoms with Crippen LogP contribution in [0, 0.1) is 0 Å². The minimum absolute atomic E-state index is 0.0142. The molecular weight excluding hydrogens is 394 g/mol. The van der Waals surface area contributed by atoms with Crippen molar-refractivity contribution in [2.24, 2.45) is 0 Å². The number of nitrogens with zero attached hydrogens (tertiary/aromatic N) is 1. The summed E-state index contributed by atoms with van der Waals surface area (Å²) in [6.45, 7) is 0.585. The molecule has 1 spiro atoms. The van der Waals surface area contributed by atoms with Crippen molar-refractivity contribution < 1.29 is 27.4 Å². The Bertz CT molecular complexity index is 1020. The van der Waals surface area contributed by atoms with Gasteiger partial charge in [-0.05, 0) is 36.4 Å². The maximum Gasteiger partial charge on any atom is 0.243 e. The number of carbonyl (C=O) groups excluding carboxylic acids is 1. The second kappa shape index (κ2) is 7.35. The second-order valence-electron chi connectivity index (χ2n) is 7.33. The van der Waals surface area contributed by atoms with Crippen molar-refractivity contribution >= 4 is 15.8 Å².